The highest BCUT2D eigenvalue weighted by Gasteiger charge is 2.18. The van der Waals surface area contributed by atoms with Crippen molar-refractivity contribution in [1.29, 1.82) is 0 Å². The Bertz CT molecular complexity index is 433. The first-order chi connectivity index (χ1) is 8.58. The molecule has 18 heavy (non-hydrogen) atoms. The van der Waals surface area contributed by atoms with E-state index < -0.39 is 0 Å². The molecule has 98 valence electrons. The molecule has 1 aromatic carbocycles. The first-order valence-corrected chi connectivity index (χ1v) is 6.36. The maximum Gasteiger partial charge on any atom is 0.322 e. The molecule has 2 rings (SSSR count). The number of amides is 2. The lowest BCUT2D eigenvalue weighted by molar-refractivity contribution is 0.0564. The molecule has 0 spiro atoms. The second-order valence-electron chi connectivity index (χ2n) is 4.47. The normalized spacial score (nSPS) is 15.6. The summed E-state index contributed by atoms with van der Waals surface area (Å²) in [6, 6.07) is 3.73. The van der Waals surface area contributed by atoms with Gasteiger partial charge in [-0.1, -0.05) is 17.7 Å². The van der Waals surface area contributed by atoms with Crippen LogP contribution in [0.4, 0.5) is 10.5 Å². The van der Waals surface area contributed by atoms with Gasteiger partial charge in [-0.25, -0.2) is 4.79 Å². The zero-order chi connectivity index (χ0) is 13.1. The number of aryl methyl sites for hydroxylation is 2. The Labute approximate surface area is 112 Å². The van der Waals surface area contributed by atoms with Crippen LogP contribution in [0.2, 0.25) is 5.02 Å². The number of hydrogen-bond donors (Lipinski definition) is 1. The molecule has 0 aliphatic carbocycles. The van der Waals surface area contributed by atoms with Crippen molar-refractivity contribution >= 4 is 23.3 Å². The van der Waals surface area contributed by atoms with Gasteiger partial charge >= 0.3 is 6.03 Å². The van der Waals surface area contributed by atoms with Crippen molar-refractivity contribution in [3.8, 4) is 0 Å². The van der Waals surface area contributed by atoms with Crippen molar-refractivity contribution in [3.63, 3.8) is 0 Å². The number of nitrogens with one attached hydrogen (secondary N) is 1. The number of nitrogens with zero attached hydrogens (tertiary/aromatic N) is 1. The highest BCUT2D eigenvalue weighted by molar-refractivity contribution is 6.34. The van der Waals surface area contributed by atoms with Crippen molar-refractivity contribution in [2.45, 2.75) is 13.8 Å². The molecule has 1 fully saturated rings. The molecule has 4 nitrogen and oxygen atoms in total. The number of ether oxygens (including phenoxy) is 1. The molecule has 0 unspecified atom stereocenters. The summed E-state index contributed by atoms with van der Waals surface area (Å²) in [5.74, 6) is 0. The molecule has 1 heterocycles. The Balaban J connectivity index is 2.11. The Hall–Kier alpha value is -1.26. The lowest BCUT2D eigenvalue weighted by Crippen LogP contribution is -2.43. The van der Waals surface area contributed by atoms with Gasteiger partial charge in [-0.05, 0) is 31.0 Å². The summed E-state index contributed by atoms with van der Waals surface area (Å²) in [5.41, 5.74) is 2.75. The van der Waals surface area contributed by atoms with E-state index in [1.807, 2.05) is 26.0 Å². The van der Waals surface area contributed by atoms with Crippen LogP contribution in [0.25, 0.3) is 0 Å². The molecule has 0 radical (unpaired) electrons. The van der Waals surface area contributed by atoms with Gasteiger partial charge in [0.15, 0.2) is 0 Å². The zero-order valence-electron chi connectivity index (χ0n) is 10.6. The summed E-state index contributed by atoms with van der Waals surface area (Å²) in [6.07, 6.45) is 0. The molecule has 1 aliphatic rings. The molecule has 1 aromatic rings. The quantitative estimate of drug-likeness (QED) is 0.851. The topological polar surface area (TPSA) is 41.6 Å². The van der Waals surface area contributed by atoms with E-state index >= 15 is 0 Å². The largest absolute Gasteiger partial charge is 0.378 e. The maximum atomic E-state index is 12.1. The molecular weight excluding hydrogens is 252 g/mol. The number of urea groups is 1. The Morgan fingerprint density at radius 1 is 1.33 bits per heavy atom. The van der Waals surface area contributed by atoms with Gasteiger partial charge in [0, 0.05) is 13.1 Å². The monoisotopic (exact) mass is 268 g/mol. The summed E-state index contributed by atoms with van der Waals surface area (Å²) >= 11 is 6.16. The van der Waals surface area contributed by atoms with Crippen molar-refractivity contribution in [2.75, 3.05) is 31.6 Å². The van der Waals surface area contributed by atoms with E-state index in [2.05, 4.69) is 5.32 Å². The van der Waals surface area contributed by atoms with Crippen molar-refractivity contribution in [1.82, 2.24) is 4.90 Å². The molecule has 1 saturated heterocycles. The van der Waals surface area contributed by atoms with Gasteiger partial charge in [-0.3, -0.25) is 0 Å². The van der Waals surface area contributed by atoms with Gasteiger partial charge in [-0.15, -0.1) is 0 Å². The van der Waals surface area contributed by atoms with Crippen LogP contribution in [0, 0.1) is 13.8 Å². The van der Waals surface area contributed by atoms with E-state index in [4.69, 9.17) is 16.3 Å². The van der Waals surface area contributed by atoms with Crippen LogP contribution in [0.15, 0.2) is 12.1 Å². The van der Waals surface area contributed by atoms with Crippen LogP contribution in [0.5, 0.6) is 0 Å². The van der Waals surface area contributed by atoms with E-state index in [0.29, 0.717) is 37.0 Å². The summed E-state index contributed by atoms with van der Waals surface area (Å²) in [6.45, 7) is 6.34. The number of carbonyl (C=O) groups excluding carboxylic acids is 1. The molecule has 1 N–H and O–H groups in total. The van der Waals surface area contributed by atoms with Crippen LogP contribution in [0.1, 0.15) is 11.1 Å². The first kappa shape index (κ1) is 13.2. The molecule has 0 saturated carbocycles. The second kappa shape index (κ2) is 5.59. The first-order valence-electron chi connectivity index (χ1n) is 5.98. The third-order valence-corrected chi connectivity index (χ3v) is 3.26. The average Bonchev–Trinajstić information content (AvgIpc) is 2.34. The fraction of sp³-hybridized carbons (Fsp3) is 0.462. The lowest BCUT2D eigenvalue weighted by atomic mass is 10.1. The summed E-state index contributed by atoms with van der Waals surface area (Å²) in [4.78, 5) is 13.8. The molecule has 0 aromatic heterocycles. The number of benzene rings is 1. The zero-order valence-corrected chi connectivity index (χ0v) is 11.4. The molecule has 2 amide bonds. The number of carbonyl (C=O) groups is 1. The Morgan fingerprint density at radius 2 is 2.00 bits per heavy atom. The SMILES string of the molecule is Cc1cc(C)c(NC(=O)N2CCOCC2)c(Cl)c1. The minimum absolute atomic E-state index is 0.118. The maximum absolute atomic E-state index is 12.1. The van der Waals surface area contributed by atoms with Gasteiger partial charge in [0.25, 0.3) is 0 Å². The van der Waals surface area contributed by atoms with Crippen LogP contribution in [-0.4, -0.2) is 37.2 Å². The predicted octanol–water partition coefficient (Wildman–Crippen LogP) is 2.82. The van der Waals surface area contributed by atoms with Gasteiger partial charge in [0.05, 0.1) is 23.9 Å². The third kappa shape index (κ3) is 2.94. The fourth-order valence-corrected chi connectivity index (χ4v) is 2.39. The fourth-order valence-electron chi connectivity index (χ4n) is 2.03. The van der Waals surface area contributed by atoms with E-state index in [0.717, 1.165) is 11.1 Å². The van der Waals surface area contributed by atoms with E-state index in [1.54, 1.807) is 4.90 Å². The number of rotatable bonds is 1. The number of anilines is 1. The van der Waals surface area contributed by atoms with E-state index in [9.17, 15) is 4.79 Å². The van der Waals surface area contributed by atoms with Gasteiger partial charge in [-0.2, -0.15) is 0 Å². The number of halogens is 1. The summed E-state index contributed by atoms with van der Waals surface area (Å²) < 4.78 is 5.22. The lowest BCUT2D eigenvalue weighted by Gasteiger charge is -2.27. The Kier molecular flexibility index (Phi) is 4.09. The van der Waals surface area contributed by atoms with Gasteiger partial charge in [0.2, 0.25) is 0 Å². The minimum Gasteiger partial charge on any atom is -0.378 e. The third-order valence-electron chi connectivity index (χ3n) is 2.96. The van der Waals surface area contributed by atoms with E-state index in [-0.39, 0.29) is 6.03 Å². The smallest absolute Gasteiger partial charge is 0.322 e. The minimum atomic E-state index is -0.118. The van der Waals surface area contributed by atoms with Crippen molar-refractivity contribution in [3.05, 3.63) is 28.3 Å². The molecule has 0 bridgehead atoms. The second-order valence-corrected chi connectivity index (χ2v) is 4.88. The molecule has 5 heteroatoms. The van der Waals surface area contributed by atoms with Crippen LogP contribution < -0.4 is 5.32 Å². The van der Waals surface area contributed by atoms with Gasteiger partial charge < -0.3 is 15.0 Å². The van der Waals surface area contributed by atoms with Crippen LogP contribution in [0.3, 0.4) is 0 Å². The van der Waals surface area contributed by atoms with Crippen LogP contribution >= 0.6 is 11.6 Å². The summed E-state index contributed by atoms with van der Waals surface area (Å²) in [7, 11) is 0. The Morgan fingerprint density at radius 3 is 2.61 bits per heavy atom. The standard InChI is InChI=1S/C13H17ClN2O2/c1-9-7-10(2)12(11(14)8-9)15-13(17)16-3-5-18-6-4-16/h7-8H,3-6H2,1-2H3,(H,15,17). The van der Waals surface area contributed by atoms with E-state index in [1.165, 1.54) is 0 Å². The molecule has 0 atom stereocenters. The summed E-state index contributed by atoms with van der Waals surface area (Å²) in [5, 5.41) is 3.45. The highest BCUT2D eigenvalue weighted by atomic mass is 35.5. The number of morpholine rings is 1. The molecular formula is C13H17ClN2O2. The highest BCUT2D eigenvalue weighted by Crippen LogP contribution is 2.27. The van der Waals surface area contributed by atoms with Crippen molar-refractivity contribution in [2.24, 2.45) is 0 Å². The number of hydrogen-bond acceptors (Lipinski definition) is 2. The molecule has 1 aliphatic heterocycles. The average molecular weight is 269 g/mol. The van der Waals surface area contributed by atoms with Crippen molar-refractivity contribution < 1.29 is 9.53 Å². The predicted molar refractivity (Wildman–Crippen MR) is 72.3 cm³/mol. The van der Waals surface area contributed by atoms with Crippen LogP contribution in [-0.2, 0) is 4.74 Å². The van der Waals surface area contributed by atoms with Gasteiger partial charge in [0.1, 0.15) is 0 Å².